The second kappa shape index (κ2) is 9.07. The van der Waals surface area contributed by atoms with Crippen LogP contribution in [0.15, 0.2) is 53.7 Å². The molecule has 8 heteroatoms. The number of carbonyl (C=O) groups is 1. The van der Waals surface area contributed by atoms with Crippen LogP contribution in [0.2, 0.25) is 0 Å². The van der Waals surface area contributed by atoms with E-state index in [1.54, 1.807) is 36.7 Å². The van der Waals surface area contributed by atoms with E-state index in [1.807, 2.05) is 12.1 Å². The molecule has 0 unspecified atom stereocenters. The van der Waals surface area contributed by atoms with Gasteiger partial charge in [0.25, 0.3) is 0 Å². The molecule has 0 atom stereocenters. The molecule has 1 fully saturated rings. The lowest BCUT2D eigenvalue weighted by Crippen LogP contribution is -2.41. The van der Waals surface area contributed by atoms with Crippen molar-refractivity contribution < 1.29 is 17.9 Å². The molecule has 0 saturated carbocycles. The molecule has 3 rings (SSSR count). The fourth-order valence-corrected chi connectivity index (χ4v) is 4.54. The molecule has 1 N–H and O–H groups in total. The second-order valence-corrected chi connectivity index (χ2v) is 8.17. The number of sulfonamides is 1. The molecular formula is C19H23N3O4S. The average molecular weight is 389 g/mol. The van der Waals surface area contributed by atoms with Gasteiger partial charge < -0.3 is 10.1 Å². The van der Waals surface area contributed by atoms with Gasteiger partial charge in [-0.3, -0.25) is 9.78 Å². The van der Waals surface area contributed by atoms with Crippen LogP contribution in [0.5, 0.6) is 0 Å². The van der Waals surface area contributed by atoms with E-state index in [2.05, 4.69) is 10.3 Å². The number of hydrogen-bond donors (Lipinski definition) is 1. The normalized spacial score (nSPS) is 15.4. The number of amides is 1. The van der Waals surface area contributed by atoms with Crippen molar-refractivity contribution >= 4 is 15.9 Å². The molecule has 7 nitrogen and oxygen atoms in total. The van der Waals surface area contributed by atoms with Crippen molar-refractivity contribution in [1.82, 2.24) is 14.6 Å². The number of benzene rings is 1. The molecule has 1 aliphatic heterocycles. The molecule has 1 aliphatic rings. The highest BCUT2D eigenvalue weighted by atomic mass is 32.2. The van der Waals surface area contributed by atoms with Gasteiger partial charge in [0, 0.05) is 38.4 Å². The Labute approximate surface area is 159 Å². The fraction of sp³-hybridized carbons (Fsp3) is 0.368. The average Bonchev–Trinajstić information content (AvgIpc) is 2.72. The first-order chi connectivity index (χ1) is 13.1. The summed E-state index contributed by atoms with van der Waals surface area (Å²) >= 11 is 0. The molecule has 1 saturated heterocycles. The molecule has 1 aromatic heterocycles. The predicted octanol–water partition coefficient (Wildman–Crippen LogP) is 1.35. The number of aryl methyl sites for hydroxylation is 1. The first-order valence-corrected chi connectivity index (χ1v) is 10.3. The molecule has 2 aromatic rings. The molecule has 0 spiro atoms. The van der Waals surface area contributed by atoms with Crippen LogP contribution >= 0.6 is 0 Å². The number of ether oxygens (including phenoxy) is 1. The second-order valence-electron chi connectivity index (χ2n) is 6.26. The maximum atomic E-state index is 12.9. The lowest BCUT2D eigenvalue weighted by molar-refractivity contribution is -0.121. The summed E-state index contributed by atoms with van der Waals surface area (Å²) in [6.45, 7) is 1.65. The Bertz CT molecular complexity index is 866. The molecule has 144 valence electrons. The van der Waals surface area contributed by atoms with Crippen LogP contribution < -0.4 is 5.32 Å². The van der Waals surface area contributed by atoms with Gasteiger partial charge in [-0.15, -0.1) is 0 Å². The number of nitrogens with one attached hydrogen (secondary N) is 1. The third kappa shape index (κ3) is 5.12. The zero-order valence-electron chi connectivity index (χ0n) is 15.0. The van der Waals surface area contributed by atoms with Gasteiger partial charge in [-0.1, -0.05) is 24.3 Å². The zero-order valence-corrected chi connectivity index (χ0v) is 15.8. The van der Waals surface area contributed by atoms with Crippen molar-refractivity contribution in [3.05, 3.63) is 59.9 Å². The first kappa shape index (κ1) is 19.5. The Hall–Kier alpha value is -2.29. The maximum Gasteiger partial charge on any atom is 0.243 e. The quantitative estimate of drug-likeness (QED) is 0.772. The van der Waals surface area contributed by atoms with Crippen molar-refractivity contribution in [2.45, 2.75) is 24.3 Å². The number of rotatable bonds is 7. The summed E-state index contributed by atoms with van der Waals surface area (Å²) in [6.07, 6.45) is 4.34. The first-order valence-electron chi connectivity index (χ1n) is 8.89. The van der Waals surface area contributed by atoms with Crippen LogP contribution in [0.1, 0.15) is 17.5 Å². The van der Waals surface area contributed by atoms with Gasteiger partial charge in [0.2, 0.25) is 15.9 Å². The molecular weight excluding hydrogens is 366 g/mol. The summed E-state index contributed by atoms with van der Waals surface area (Å²) in [7, 11) is -3.60. The van der Waals surface area contributed by atoms with Crippen molar-refractivity contribution in [1.29, 1.82) is 0 Å². The highest BCUT2D eigenvalue weighted by Gasteiger charge is 2.28. The van der Waals surface area contributed by atoms with Gasteiger partial charge in [0.05, 0.1) is 18.1 Å². The Kier molecular flexibility index (Phi) is 6.54. The number of carbonyl (C=O) groups excluding carboxylic acids is 1. The smallest absolute Gasteiger partial charge is 0.243 e. The van der Waals surface area contributed by atoms with Crippen molar-refractivity contribution in [2.24, 2.45) is 0 Å². The third-order valence-corrected chi connectivity index (χ3v) is 6.40. The Morgan fingerprint density at radius 3 is 2.67 bits per heavy atom. The molecule has 0 aliphatic carbocycles. The summed E-state index contributed by atoms with van der Waals surface area (Å²) in [5.74, 6) is -0.127. The van der Waals surface area contributed by atoms with Gasteiger partial charge in [-0.2, -0.15) is 4.31 Å². The van der Waals surface area contributed by atoms with Gasteiger partial charge in [-0.25, -0.2) is 8.42 Å². The van der Waals surface area contributed by atoms with Gasteiger partial charge in [0.15, 0.2) is 0 Å². The van der Waals surface area contributed by atoms with E-state index >= 15 is 0 Å². The monoisotopic (exact) mass is 389 g/mol. The third-order valence-electron chi connectivity index (χ3n) is 4.40. The molecule has 1 amide bonds. The minimum Gasteiger partial charge on any atom is -0.379 e. The van der Waals surface area contributed by atoms with Crippen molar-refractivity contribution in [3.8, 4) is 0 Å². The number of pyridine rings is 1. The number of hydrogen-bond acceptors (Lipinski definition) is 5. The fourth-order valence-electron chi connectivity index (χ4n) is 2.91. The lowest BCUT2D eigenvalue weighted by atomic mass is 10.1. The van der Waals surface area contributed by atoms with Crippen molar-refractivity contribution in [3.63, 3.8) is 0 Å². The van der Waals surface area contributed by atoms with E-state index in [4.69, 9.17) is 4.74 Å². The van der Waals surface area contributed by atoms with Crippen LogP contribution in [0.25, 0.3) is 0 Å². The highest BCUT2D eigenvalue weighted by Crippen LogP contribution is 2.21. The molecule has 1 aromatic carbocycles. The Morgan fingerprint density at radius 2 is 1.93 bits per heavy atom. The van der Waals surface area contributed by atoms with E-state index in [9.17, 15) is 13.2 Å². The molecule has 0 radical (unpaired) electrons. The van der Waals surface area contributed by atoms with Gasteiger partial charge in [0.1, 0.15) is 0 Å². The van der Waals surface area contributed by atoms with Crippen molar-refractivity contribution in [2.75, 3.05) is 26.3 Å². The number of nitrogens with zero attached hydrogens (tertiary/aromatic N) is 2. The molecule has 27 heavy (non-hydrogen) atoms. The lowest BCUT2D eigenvalue weighted by Gasteiger charge is -2.27. The number of morpholine rings is 1. The van der Waals surface area contributed by atoms with Gasteiger partial charge in [-0.05, 0) is 29.7 Å². The van der Waals surface area contributed by atoms with E-state index in [0.29, 0.717) is 44.7 Å². The minimum atomic E-state index is -3.60. The largest absolute Gasteiger partial charge is 0.379 e. The number of aromatic nitrogens is 1. The van der Waals surface area contributed by atoms with Crippen LogP contribution in [-0.2, 0) is 32.5 Å². The minimum absolute atomic E-state index is 0.127. The summed E-state index contributed by atoms with van der Waals surface area (Å²) in [6, 6.07) is 10.5. The predicted molar refractivity (Wildman–Crippen MR) is 100 cm³/mol. The van der Waals surface area contributed by atoms with E-state index in [0.717, 1.165) is 5.56 Å². The van der Waals surface area contributed by atoms with E-state index in [-0.39, 0.29) is 17.3 Å². The SMILES string of the molecule is O=C(CCc1cccnc1)NCc1ccccc1S(=O)(=O)N1CCOCC1. The van der Waals surface area contributed by atoms with Crippen LogP contribution in [-0.4, -0.2) is 49.9 Å². The summed E-state index contributed by atoms with van der Waals surface area (Å²) in [4.78, 5) is 16.4. The Balaban J connectivity index is 1.63. The van der Waals surface area contributed by atoms with E-state index < -0.39 is 10.0 Å². The summed E-state index contributed by atoms with van der Waals surface area (Å²) in [5, 5.41) is 2.82. The summed E-state index contributed by atoms with van der Waals surface area (Å²) < 4.78 is 32.5. The van der Waals surface area contributed by atoms with Crippen LogP contribution in [0, 0.1) is 0 Å². The van der Waals surface area contributed by atoms with E-state index in [1.165, 1.54) is 4.31 Å². The topological polar surface area (TPSA) is 88.6 Å². The summed E-state index contributed by atoms with van der Waals surface area (Å²) in [5.41, 5.74) is 1.57. The van der Waals surface area contributed by atoms with Gasteiger partial charge >= 0.3 is 0 Å². The van der Waals surface area contributed by atoms with Crippen LogP contribution in [0.3, 0.4) is 0 Å². The zero-order chi connectivity index (χ0) is 19.1. The Morgan fingerprint density at radius 1 is 1.15 bits per heavy atom. The van der Waals surface area contributed by atoms with Crippen LogP contribution in [0.4, 0.5) is 0 Å². The molecule has 2 heterocycles. The maximum absolute atomic E-state index is 12.9. The standard InChI is InChI=1S/C19H23N3O4S/c23-19(8-7-16-4-3-9-20-14-16)21-15-17-5-1-2-6-18(17)27(24,25)22-10-12-26-13-11-22/h1-6,9,14H,7-8,10-13,15H2,(H,21,23). The molecule has 0 bridgehead atoms. The highest BCUT2D eigenvalue weighted by molar-refractivity contribution is 7.89.